The Labute approximate surface area is 76.7 Å². The highest BCUT2D eigenvalue weighted by atomic mass is 14.6. The Kier molecular flexibility index (Phi) is 4.80. The van der Waals surface area contributed by atoms with Gasteiger partial charge in [0.2, 0.25) is 0 Å². The minimum absolute atomic E-state index is 0.293. The zero-order valence-corrected chi connectivity index (χ0v) is 8.93. The molecule has 0 aliphatic heterocycles. The molecule has 0 radical (unpaired) electrons. The van der Waals surface area contributed by atoms with E-state index in [-0.39, 0.29) is 0 Å². The number of rotatable bonds is 4. The summed E-state index contributed by atoms with van der Waals surface area (Å²) in [7, 11) is 0. The fourth-order valence-electron chi connectivity index (χ4n) is 1.34. The zero-order chi connectivity index (χ0) is 9.78. The van der Waals surface area contributed by atoms with Crippen molar-refractivity contribution >= 4 is 0 Å². The van der Waals surface area contributed by atoms with E-state index in [1.165, 1.54) is 0 Å². The van der Waals surface area contributed by atoms with Crippen molar-refractivity contribution in [1.29, 1.82) is 0 Å². The zero-order valence-electron chi connectivity index (χ0n) is 8.93. The summed E-state index contributed by atoms with van der Waals surface area (Å²) in [5.74, 6) is 0.549. The van der Waals surface area contributed by atoms with Gasteiger partial charge in [0.15, 0.2) is 0 Å². The molecule has 0 heterocycles. The maximum absolute atomic E-state index is 5.89. The van der Waals surface area contributed by atoms with Gasteiger partial charge in [0.05, 0.1) is 0 Å². The van der Waals surface area contributed by atoms with Gasteiger partial charge in [0.25, 0.3) is 0 Å². The molecule has 0 bridgehead atoms. The van der Waals surface area contributed by atoms with Gasteiger partial charge in [-0.25, -0.2) is 0 Å². The van der Waals surface area contributed by atoms with Crippen LogP contribution >= 0.6 is 0 Å². The first-order chi connectivity index (χ1) is 5.41. The van der Waals surface area contributed by atoms with Crippen molar-refractivity contribution in [2.45, 2.75) is 46.6 Å². The van der Waals surface area contributed by atoms with E-state index in [2.05, 4.69) is 27.7 Å². The predicted molar refractivity (Wildman–Crippen MR) is 54.9 cm³/mol. The van der Waals surface area contributed by atoms with Crippen molar-refractivity contribution in [3.05, 3.63) is 0 Å². The highest BCUT2D eigenvalue weighted by Crippen LogP contribution is 2.28. The molecule has 0 aromatic carbocycles. The van der Waals surface area contributed by atoms with E-state index in [4.69, 9.17) is 11.5 Å². The van der Waals surface area contributed by atoms with E-state index in [9.17, 15) is 0 Å². The first kappa shape index (κ1) is 11.9. The van der Waals surface area contributed by atoms with E-state index >= 15 is 0 Å². The lowest BCUT2D eigenvalue weighted by atomic mass is 9.77. The van der Waals surface area contributed by atoms with Crippen LogP contribution in [0.1, 0.15) is 40.5 Å². The van der Waals surface area contributed by atoms with E-state index in [0.717, 1.165) is 19.4 Å². The summed E-state index contributed by atoms with van der Waals surface area (Å²) >= 11 is 0. The lowest BCUT2D eigenvalue weighted by molar-refractivity contribution is 0.218. The van der Waals surface area contributed by atoms with Crippen molar-refractivity contribution in [2.75, 3.05) is 6.54 Å². The van der Waals surface area contributed by atoms with Gasteiger partial charge in [-0.3, -0.25) is 0 Å². The topological polar surface area (TPSA) is 52.0 Å². The summed E-state index contributed by atoms with van der Waals surface area (Å²) in [5, 5.41) is 0. The molecule has 0 aromatic rings. The van der Waals surface area contributed by atoms with E-state index < -0.39 is 0 Å². The van der Waals surface area contributed by atoms with Crippen molar-refractivity contribution < 1.29 is 0 Å². The van der Waals surface area contributed by atoms with Crippen LogP contribution in [0.4, 0.5) is 0 Å². The maximum atomic E-state index is 5.89. The average molecular weight is 172 g/mol. The average Bonchev–Trinajstić information content (AvgIpc) is 1.97. The van der Waals surface area contributed by atoms with Crippen LogP contribution < -0.4 is 11.5 Å². The Hall–Kier alpha value is -0.0800. The lowest BCUT2D eigenvalue weighted by Crippen LogP contribution is -2.34. The molecule has 0 rings (SSSR count). The van der Waals surface area contributed by atoms with Crippen molar-refractivity contribution in [3.8, 4) is 0 Å². The summed E-state index contributed by atoms with van der Waals surface area (Å²) in [6.07, 6.45) is 2.10. The molecule has 2 nitrogen and oxygen atoms in total. The summed E-state index contributed by atoms with van der Waals surface area (Å²) in [5.41, 5.74) is 11.9. The van der Waals surface area contributed by atoms with E-state index in [1.54, 1.807) is 0 Å². The molecule has 0 amide bonds. The molecular formula is C10H24N2. The SMILES string of the molecule is CCC(N)CC(CN)C(C)(C)C. The number of nitrogens with two attached hydrogens (primary N) is 2. The summed E-state index contributed by atoms with van der Waals surface area (Å²) < 4.78 is 0. The van der Waals surface area contributed by atoms with E-state index in [0.29, 0.717) is 17.4 Å². The quantitative estimate of drug-likeness (QED) is 0.678. The van der Waals surface area contributed by atoms with Crippen LogP contribution in [0, 0.1) is 11.3 Å². The Morgan fingerprint density at radius 1 is 1.25 bits per heavy atom. The maximum Gasteiger partial charge on any atom is 0.00395 e. The van der Waals surface area contributed by atoms with Gasteiger partial charge in [-0.2, -0.15) is 0 Å². The van der Waals surface area contributed by atoms with Gasteiger partial charge in [0.1, 0.15) is 0 Å². The lowest BCUT2D eigenvalue weighted by Gasteiger charge is -2.31. The smallest absolute Gasteiger partial charge is 0.00395 e. The normalized spacial score (nSPS) is 17.5. The second-order valence-corrected chi connectivity index (χ2v) is 4.70. The minimum atomic E-state index is 0.293. The molecule has 0 spiro atoms. The monoisotopic (exact) mass is 172 g/mol. The molecule has 2 unspecified atom stereocenters. The van der Waals surface area contributed by atoms with Crippen molar-refractivity contribution in [3.63, 3.8) is 0 Å². The molecule has 0 saturated carbocycles. The van der Waals surface area contributed by atoms with Crippen molar-refractivity contribution in [2.24, 2.45) is 22.8 Å². The van der Waals surface area contributed by atoms with Crippen molar-refractivity contribution in [1.82, 2.24) is 0 Å². The molecule has 0 aromatic heterocycles. The van der Waals surface area contributed by atoms with Gasteiger partial charge < -0.3 is 11.5 Å². The highest BCUT2D eigenvalue weighted by molar-refractivity contribution is 4.78. The second kappa shape index (κ2) is 4.83. The fraction of sp³-hybridized carbons (Fsp3) is 1.00. The fourth-order valence-corrected chi connectivity index (χ4v) is 1.34. The van der Waals surface area contributed by atoms with Crippen LogP contribution in [-0.4, -0.2) is 12.6 Å². The third kappa shape index (κ3) is 4.07. The summed E-state index contributed by atoms with van der Waals surface area (Å²) in [6, 6.07) is 0.317. The summed E-state index contributed by atoms with van der Waals surface area (Å²) in [6.45, 7) is 9.56. The molecule has 0 aliphatic carbocycles. The first-order valence-electron chi connectivity index (χ1n) is 4.87. The third-order valence-electron chi connectivity index (χ3n) is 2.62. The Morgan fingerprint density at radius 2 is 1.75 bits per heavy atom. The molecule has 0 aliphatic rings. The van der Waals surface area contributed by atoms with Gasteiger partial charge in [-0.1, -0.05) is 27.7 Å². The van der Waals surface area contributed by atoms with E-state index in [1.807, 2.05) is 0 Å². The van der Waals surface area contributed by atoms with Crippen LogP contribution in [-0.2, 0) is 0 Å². The van der Waals surface area contributed by atoms with Gasteiger partial charge >= 0.3 is 0 Å². The Balaban J connectivity index is 4.00. The Bertz CT molecular complexity index is 115. The molecule has 0 saturated heterocycles. The number of hydrogen-bond acceptors (Lipinski definition) is 2. The van der Waals surface area contributed by atoms with Crippen LogP contribution in [0.2, 0.25) is 0 Å². The van der Waals surface area contributed by atoms with Crippen LogP contribution in [0.15, 0.2) is 0 Å². The minimum Gasteiger partial charge on any atom is -0.330 e. The molecule has 74 valence electrons. The third-order valence-corrected chi connectivity index (χ3v) is 2.62. The predicted octanol–water partition coefficient (Wildman–Crippen LogP) is 1.73. The van der Waals surface area contributed by atoms with Gasteiger partial charge in [-0.05, 0) is 30.7 Å². The molecule has 0 fully saturated rings. The molecule has 2 atom stereocenters. The largest absolute Gasteiger partial charge is 0.330 e. The summed E-state index contributed by atoms with van der Waals surface area (Å²) in [4.78, 5) is 0. The van der Waals surface area contributed by atoms with Crippen LogP contribution in [0.25, 0.3) is 0 Å². The van der Waals surface area contributed by atoms with Crippen LogP contribution in [0.5, 0.6) is 0 Å². The molecular weight excluding hydrogens is 148 g/mol. The van der Waals surface area contributed by atoms with Gasteiger partial charge in [-0.15, -0.1) is 0 Å². The van der Waals surface area contributed by atoms with Crippen LogP contribution in [0.3, 0.4) is 0 Å². The number of hydrogen-bond donors (Lipinski definition) is 2. The molecule has 12 heavy (non-hydrogen) atoms. The van der Waals surface area contributed by atoms with Gasteiger partial charge in [0, 0.05) is 6.04 Å². The molecule has 2 heteroatoms. The molecule has 4 N–H and O–H groups in total. The highest BCUT2D eigenvalue weighted by Gasteiger charge is 2.24. The first-order valence-corrected chi connectivity index (χ1v) is 4.87. The standard InChI is InChI=1S/C10H24N2/c1-5-9(12)6-8(7-11)10(2,3)4/h8-9H,5-7,11-12H2,1-4H3. The Morgan fingerprint density at radius 3 is 2.00 bits per heavy atom. The second-order valence-electron chi connectivity index (χ2n) is 4.70.